The molecule has 1 aliphatic carbocycles. The van der Waals surface area contributed by atoms with Crippen molar-refractivity contribution in [2.45, 2.75) is 39.2 Å². The van der Waals surface area contributed by atoms with E-state index in [1.807, 2.05) is 6.07 Å². The van der Waals surface area contributed by atoms with Crippen LogP contribution in [0.2, 0.25) is 0 Å². The minimum Gasteiger partial charge on any atom is -0.508 e. The van der Waals surface area contributed by atoms with Crippen molar-refractivity contribution in [3.63, 3.8) is 0 Å². The first-order chi connectivity index (χ1) is 7.66. The van der Waals surface area contributed by atoms with Gasteiger partial charge in [-0.05, 0) is 55.0 Å². The van der Waals surface area contributed by atoms with Crippen LogP contribution in [0.4, 0.5) is 0 Å². The number of fused-ring (bicyclic) bond motifs is 1. The quantitative estimate of drug-likeness (QED) is 0.819. The van der Waals surface area contributed by atoms with E-state index in [-0.39, 0.29) is 0 Å². The topological polar surface area (TPSA) is 32.3 Å². The van der Waals surface area contributed by atoms with E-state index < -0.39 is 0 Å². The van der Waals surface area contributed by atoms with Crippen LogP contribution in [0.25, 0.3) is 0 Å². The van der Waals surface area contributed by atoms with Crippen molar-refractivity contribution in [3.05, 3.63) is 29.3 Å². The molecule has 0 aromatic heterocycles. The summed E-state index contributed by atoms with van der Waals surface area (Å²) < 4.78 is 0. The smallest absolute Gasteiger partial charge is 0.115 e. The summed E-state index contributed by atoms with van der Waals surface area (Å²) >= 11 is 0. The van der Waals surface area contributed by atoms with Crippen molar-refractivity contribution in [1.82, 2.24) is 5.32 Å². The second kappa shape index (κ2) is 4.88. The van der Waals surface area contributed by atoms with E-state index in [0.717, 1.165) is 13.0 Å². The Bertz CT molecular complexity index is 360. The molecule has 0 radical (unpaired) electrons. The first-order valence-electron chi connectivity index (χ1n) is 6.22. The summed E-state index contributed by atoms with van der Waals surface area (Å²) in [5.41, 5.74) is 2.69. The van der Waals surface area contributed by atoms with Gasteiger partial charge in [0, 0.05) is 6.04 Å². The second-order valence-electron chi connectivity index (χ2n) is 5.13. The molecule has 1 aromatic rings. The van der Waals surface area contributed by atoms with Gasteiger partial charge in [-0.2, -0.15) is 0 Å². The Morgan fingerprint density at radius 2 is 2.25 bits per heavy atom. The van der Waals surface area contributed by atoms with Crippen molar-refractivity contribution in [3.8, 4) is 5.75 Å². The maximum atomic E-state index is 9.47. The first kappa shape index (κ1) is 11.5. The lowest BCUT2D eigenvalue weighted by Crippen LogP contribution is -2.28. The highest BCUT2D eigenvalue weighted by atomic mass is 16.3. The Morgan fingerprint density at radius 1 is 1.44 bits per heavy atom. The molecule has 1 aromatic carbocycles. The third-order valence-electron chi connectivity index (χ3n) is 3.21. The lowest BCUT2D eigenvalue weighted by Gasteiger charge is -2.27. The van der Waals surface area contributed by atoms with Crippen molar-refractivity contribution in [2.24, 2.45) is 5.92 Å². The molecule has 2 nitrogen and oxygen atoms in total. The lowest BCUT2D eigenvalue weighted by molar-refractivity contribution is 0.423. The maximum absolute atomic E-state index is 9.47. The number of rotatable bonds is 3. The van der Waals surface area contributed by atoms with Crippen LogP contribution in [0.3, 0.4) is 0 Å². The summed E-state index contributed by atoms with van der Waals surface area (Å²) in [5, 5.41) is 13.1. The SMILES string of the molecule is CC(C)CNC1CCCc2cc(O)ccc21. The van der Waals surface area contributed by atoms with Gasteiger partial charge in [0.05, 0.1) is 0 Å². The minimum atomic E-state index is 0.392. The Labute approximate surface area is 97.7 Å². The van der Waals surface area contributed by atoms with Crippen molar-refractivity contribution in [2.75, 3.05) is 6.54 Å². The average Bonchev–Trinajstić information content (AvgIpc) is 2.25. The molecule has 0 saturated carbocycles. The van der Waals surface area contributed by atoms with Crippen LogP contribution in [-0.2, 0) is 6.42 Å². The Morgan fingerprint density at radius 3 is 3.00 bits per heavy atom. The van der Waals surface area contributed by atoms with Crippen molar-refractivity contribution < 1.29 is 5.11 Å². The van der Waals surface area contributed by atoms with Crippen LogP contribution in [0.15, 0.2) is 18.2 Å². The van der Waals surface area contributed by atoms with E-state index in [1.54, 1.807) is 6.07 Å². The number of hydrogen-bond acceptors (Lipinski definition) is 2. The highest BCUT2D eigenvalue weighted by Gasteiger charge is 2.19. The number of hydrogen-bond donors (Lipinski definition) is 2. The monoisotopic (exact) mass is 219 g/mol. The molecule has 1 atom stereocenters. The van der Waals surface area contributed by atoms with Crippen LogP contribution < -0.4 is 5.32 Å². The summed E-state index contributed by atoms with van der Waals surface area (Å²) in [5.74, 6) is 1.07. The molecule has 2 heteroatoms. The number of nitrogens with one attached hydrogen (secondary N) is 1. The van der Waals surface area contributed by atoms with Crippen LogP contribution in [0, 0.1) is 5.92 Å². The van der Waals surface area contributed by atoms with E-state index in [0.29, 0.717) is 17.7 Å². The molecule has 0 amide bonds. The van der Waals surface area contributed by atoms with Crippen LogP contribution in [0.1, 0.15) is 43.9 Å². The number of aryl methyl sites for hydroxylation is 1. The molecule has 88 valence electrons. The fraction of sp³-hybridized carbons (Fsp3) is 0.571. The van der Waals surface area contributed by atoms with Gasteiger partial charge in [-0.15, -0.1) is 0 Å². The zero-order chi connectivity index (χ0) is 11.5. The zero-order valence-electron chi connectivity index (χ0n) is 10.2. The molecule has 16 heavy (non-hydrogen) atoms. The van der Waals surface area contributed by atoms with Crippen LogP contribution >= 0.6 is 0 Å². The Hall–Kier alpha value is -1.02. The predicted molar refractivity (Wildman–Crippen MR) is 66.6 cm³/mol. The maximum Gasteiger partial charge on any atom is 0.115 e. The molecule has 0 fully saturated rings. The highest BCUT2D eigenvalue weighted by molar-refractivity contribution is 5.38. The summed E-state index contributed by atoms with van der Waals surface area (Å²) in [7, 11) is 0. The summed E-state index contributed by atoms with van der Waals surface area (Å²) in [6, 6.07) is 6.26. The van der Waals surface area contributed by atoms with Crippen LogP contribution in [0.5, 0.6) is 5.75 Å². The van der Waals surface area contributed by atoms with Gasteiger partial charge in [0.15, 0.2) is 0 Å². The molecule has 0 bridgehead atoms. The second-order valence-corrected chi connectivity index (χ2v) is 5.13. The van der Waals surface area contributed by atoms with E-state index in [9.17, 15) is 5.11 Å². The number of benzene rings is 1. The molecule has 2 N–H and O–H groups in total. The van der Waals surface area contributed by atoms with Crippen LogP contribution in [-0.4, -0.2) is 11.7 Å². The van der Waals surface area contributed by atoms with E-state index in [1.165, 1.54) is 24.0 Å². The molecule has 0 heterocycles. The molecule has 0 saturated heterocycles. The summed E-state index contributed by atoms with van der Waals surface area (Å²) in [4.78, 5) is 0. The van der Waals surface area contributed by atoms with Crippen molar-refractivity contribution >= 4 is 0 Å². The Kier molecular flexibility index (Phi) is 3.49. The molecule has 0 aliphatic heterocycles. The fourth-order valence-electron chi connectivity index (χ4n) is 2.39. The highest BCUT2D eigenvalue weighted by Crippen LogP contribution is 2.31. The minimum absolute atomic E-state index is 0.392. The van der Waals surface area contributed by atoms with E-state index in [4.69, 9.17) is 0 Å². The molecular formula is C14H21NO. The molecule has 2 rings (SSSR count). The van der Waals surface area contributed by atoms with Crippen molar-refractivity contribution in [1.29, 1.82) is 0 Å². The number of phenols is 1. The largest absolute Gasteiger partial charge is 0.508 e. The van der Waals surface area contributed by atoms with Gasteiger partial charge < -0.3 is 10.4 Å². The molecule has 1 unspecified atom stereocenters. The Balaban J connectivity index is 2.13. The summed E-state index contributed by atoms with van der Waals surface area (Å²) in [6.07, 6.45) is 3.53. The number of phenolic OH excluding ortho intramolecular Hbond substituents is 1. The molecule has 1 aliphatic rings. The normalized spacial score (nSPS) is 19.8. The molecule has 0 spiro atoms. The van der Waals surface area contributed by atoms with Gasteiger partial charge in [0.1, 0.15) is 5.75 Å². The van der Waals surface area contributed by atoms with E-state index in [2.05, 4.69) is 25.2 Å². The third-order valence-corrected chi connectivity index (χ3v) is 3.21. The number of aromatic hydroxyl groups is 1. The van der Waals surface area contributed by atoms with E-state index >= 15 is 0 Å². The van der Waals surface area contributed by atoms with Gasteiger partial charge in [0.2, 0.25) is 0 Å². The predicted octanol–water partition coefficient (Wildman–Crippen LogP) is 3.02. The summed E-state index contributed by atoms with van der Waals surface area (Å²) in [6.45, 7) is 5.52. The van der Waals surface area contributed by atoms with Gasteiger partial charge in [-0.3, -0.25) is 0 Å². The first-order valence-corrected chi connectivity index (χ1v) is 6.22. The standard InChI is InChI=1S/C14H21NO/c1-10(2)9-15-14-5-3-4-11-8-12(16)6-7-13(11)14/h6-8,10,14-16H,3-5,9H2,1-2H3. The molecular weight excluding hydrogens is 198 g/mol. The average molecular weight is 219 g/mol. The van der Waals surface area contributed by atoms with Gasteiger partial charge in [-0.25, -0.2) is 0 Å². The fourth-order valence-corrected chi connectivity index (χ4v) is 2.39. The zero-order valence-corrected chi connectivity index (χ0v) is 10.2. The van der Waals surface area contributed by atoms with Gasteiger partial charge in [0.25, 0.3) is 0 Å². The lowest BCUT2D eigenvalue weighted by atomic mass is 9.87. The van der Waals surface area contributed by atoms with Gasteiger partial charge >= 0.3 is 0 Å². The third kappa shape index (κ3) is 2.56. The van der Waals surface area contributed by atoms with Gasteiger partial charge in [-0.1, -0.05) is 19.9 Å².